The van der Waals surface area contributed by atoms with Crippen molar-refractivity contribution in [1.82, 2.24) is 0 Å². The van der Waals surface area contributed by atoms with Crippen molar-refractivity contribution in [2.24, 2.45) is 5.92 Å². The SMILES string of the molecule is CC(C)OP(=O)(c1ccccc1)C(c1ccccc1)C(C)C#N. The maximum atomic E-state index is 14.0. The smallest absolute Gasteiger partial charge is 0.240 e. The van der Waals surface area contributed by atoms with E-state index in [0.717, 1.165) is 5.56 Å². The predicted molar refractivity (Wildman–Crippen MR) is 93.9 cm³/mol. The second-order valence-corrected chi connectivity index (χ2v) is 8.34. The molecule has 0 radical (unpaired) electrons. The van der Waals surface area contributed by atoms with Crippen molar-refractivity contribution in [3.05, 3.63) is 66.2 Å². The largest absolute Gasteiger partial charge is 0.322 e. The van der Waals surface area contributed by atoms with Crippen molar-refractivity contribution in [2.75, 3.05) is 0 Å². The normalized spacial score (nSPS) is 16.3. The first-order valence-electron chi connectivity index (χ1n) is 7.77. The molecule has 0 aliphatic carbocycles. The van der Waals surface area contributed by atoms with Crippen LogP contribution in [0.2, 0.25) is 0 Å². The third-order valence-electron chi connectivity index (χ3n) is 3.67. The Kier molecular flexibility index (Phi) is 5.77. The summed E-state index contributed by atoms with van der Waals surface area (Å²) in [6, 6.07) is 21.0. The van der Waals surface area contributed by atoms with E-state index in [1.165, 1.54) is 0 Å². The second-order valence-electron chi connectivity index (χ2n) is 5.86. The van der Waals surface area contributed by atoms with Gasteiger partial charge in [-0.25, -0.2) is 0 Å². The highest BCUT2D eigenvalue weighted by Gasteiger charge is 2.41. The van der Waals surface area contributed by atoms with Gasteiger partial charge >= 0.3 is 0 Å². The first kappa shape index (κ1) is 17.5. The Morgan fingerprint density at radius 3 is 1.96 bits per heavy atom. The van der Waals surface area contributed by atoms with Gasteiger partial charge in [0.25, 0.3) is 0 Å². The molecular weight excluding hydrogens is 305 g/mol. The van der Waals surface area contributed by atoms with Crippen molar-refractivity contribution in [3.8, 4) is 6.07 Å². The van der Waals surface area contributed by atoms with Crippen molar-refractivity contribution in [2.45, 2.75) is 32.5 Å². The molecule has 2 rings (SSSR count). The number of rotatable bonds is 6. The second kappa shape index (κ2) is 7.59. The minimum absolute atomic E-state index is 0.196. The maximum Gasteiger partial charge on any atom is 0.240 e. The highest BCUT2D eigenvalue weighted by molar-refractivity contribution is 7.67. The van der Waals surface area contributed by atoms with E-state index in [9.17, 15) is 9.83 Å². The molecule has 3 unspecified atom stereocenters. The monoisotopic (exact) mass is 327 g/mol. The van der Waals surface area contributed by atoms with E-state index in [1.807, 2.05) is 74.5 Å². The third kappa shape index (κ3) is 3.91. The molecule has 120 valence electrons. The zero-order valence-electron chi connectivity index (χ0n) is 13.7. The van der Waals surface area contributed by atoms with Gasteiger partial charge in [-0.1, -0.05) is 48.5 Å². The molecule has 2 aromatic carbocycles. The number of hydrogen-bond acceptors (Lipinski definition) is 3. The Morgan fingerprint density at radius 2 is 1.48 bits per heavy atom. The van der Waals surface area contributed by atoms with Crippen LogP contribution in [-0.2, 0) is 9.09 Å². The fourth-order valence-electron chi connectivity index (χ4n) is 2.74. The molecule has 0 amide bonds. The van der Waals surface area contributed by atoms with E-state index >= 15 is 0 Å². The van der Waals surface area contributed by atoms with Crippen LogP contribution in [0.3, 0.4) is 0 Å². The highest BCUT2D eigenvalue weighted by atomic mass is 31.2. The van der Waals surface area contributed by atoms with Crippen LogP contribution in [-0.4, -0.2) is 6.10 Å². The molecular formula is C19H22NO2P. The summed E-state index contributed by atoms with van der Waals surface area (Å²) >= 11 is 0. The summed E-state index contributed by atoms with van der Waals surface area (Å²) in [6.07, 6.45) is -0.196. The summed E-state index contributed by atoms with van der Waals surface area (Å²) < 4.78 is 19.9. The van der Waals surface area contributed by atoms with Gasteiger partial charge in [0.2, 0.25) is 7.37 Å². The van der Waals surface area contributed by atoms with Gasteiger partial charge in [-0.2, -0.15) is 5.26 Å². The van der Waals surface area contributed by atoms with Gasteiger partial charge in [0.05, 0.1) is 23.8 Å². The Balaban J connectivity index is 2.63. The highest BCUT2D eigenvalue weighted by Crippen LogP contribution is 2.62. The lowest BCUT2D eigenvalue weighted by molar-refractivity contribution is 0.241. The minimum atomic E-state index is -3.26. The molecule has 0 saturated heterocycles. The topological polar surface area (TPSA) is 50.1 Å². The molecule has 3 nitrogen and oxygen atoms in total. The Morgan fingerprint density at radius 1 is 0.957 bits per heavy atom. The van der Waals surface area contributed by atoms with Crippen LogP contribution in [0.1, 0.15) is 32.0 Å². The van der Waals surface area contributed by atoms with Gasteiger partial charge in [0.1, 0.15) is 0 Å². The van der Waals surface area contributed by atoms with Gasteiger partial charge in [-0.05, 0) is 38.5 Å². The summed E-state index contributed by atoms with van der Waals surface area (Å²) in [5.41, 5.74) is 0.382. The molecule has 23 heavy (non-hydrogen) atoms. The van der Waals surface area contributed by atoms with Crippen molar-refractivity contribution in [3.63, 3.8) is 0 Å². The summed E-state index contributed by atoms with van der Waals surface area (Å²) in [7, 11) is -3.26. The van der Waals surface area contributed by atoms with Crippen LogP contribution < -0.4 is 5.30 Å². The van der Waals surface area contributed by atoms with Gasteiger partial charge in [0, 0.05) is 5.30 Å². The molecule has 0 aromatic heterocycles. The molecule has 0 spiro atoms. The molecule has 0 N–H and O–H groups in total. The lowest BCUT2D eigenvalue weighted by Gasteiger charge is -2.31. The van der Waals surface area contributed by atoms with Crippen molar-refractivity contribution < 1.29 is 9.09 Å². The summed E-state index contributed by atoms with van der Waals surface area (Å²) in [5, 5.41) is 10.1. The van der Waals surface area contributed by atoms with E-state index in [4.69, 9.17) is 4.52 Å². The van der Waals surface area contributed by atoms with Crippen LogP contribution >= 0.6 is 7.37 Å². The van der Waals surface area contributed by atoms with E-state index in [0.29, 0.717) is 5.30 Å². The molecule has 2 aromatic rings. The number of nitrogens with zero attached hydrogens (tertiary/aromatic N) is 1. The van der Waals surface area contributed by atoms with E-state index in [1.54, 1.807) is 6.92 Å². The van der Waals surface area contributed by atoms with Crippen LogP contribution in [0.4, 0.5) is 0 Å². The minimum Gasteiger partial charge on any atom is -0.322 e. The number of hydrogen-bond donors (Lipinski definition) is 0. The average Bonchev–Trinajstić information content (AvgIpc) is 2.56. The zero-order chi connectivity index (χ0) is 16.9. The quantitative estimate of drug-likeness (QED) is 0.708. The first-order valence-corrected chi connectivity index (χ1v) is 9.46. The molecule has 0 saturated carbocycles. The third-order valence-corrected chi connectivity index (χ3v) is 6.90. The predicted octanol–water partition coefficient (Wildman–Crippen LogP) is 4.92. The number of nitriles is 1. The van der Waals surface area contributed by atoms with Gasteiger partial charge < -0.3 is 4.52 Å². The molecule has 0 aliphatic heterocycles. The molecule has 0 bridgehead atoms. The zero-order valence-corrected chi connectivity index (χ0v) is 14.6. The van der Waals surface area contributed by atoms with Crippen LogP contribution in [0.25, 0.3) is 0 Å². The lowest BCUT2D eigenvalue weighted by Crippen LogP contribution is -2.21. The molecule has 4 heteroatoms. The average molecular weight is 327 g/mol. The van der Waals surface area contributed by atoms with Crippen LogP contribution in [0.15, 0.2) is 60.7 Å². The van der Waals surface area contributed by atoms with Gasteiger partial charge in [-0.3, -0.25) is 4.57 Å². The van der Waals surface area contributed by atoms with E-state index in [2.05, 4.69) is 6.07 Å². The summed E-state index contributed by atoms with van der Waals surface area (Å²) in [4.78, 5) is 0. The summed E-state index contributed by atoms with van der Waals surface area (Å²) in [6.45, 7) is 5.54. The lowest BCUT2D eigenvalue weighted by atomic mass is 10.0. The molecule has 0 heterocycles. The summed E-state index contributed by atoms with van der Waals surface area (Å²) in [5.74, 6) is -0.429. The fraction of sp³-hybridized carbons (Fsp3) is 0.316. The van der Waals surface area contributed by atoms with E-state index in [-0.39, 0.29) is 6.10 Å². The van der Waals surface area contributed by atoms with Gasteiger partial charge in [0.15, 0.2) is 0 Å². The Hall–Kier alpha value is -1.88. The molecule has 0 fully saturated rings. The van der Waals surface area contributed by atoms with E-state index < -0.39 is 18.9 Å². The number of benzene rings is 2. The maximum absolute atomic E-state index is 14.0. The van der Waals surface area contributed by atoms with Crippen LogP contribution in [0, 0.1) is 17.2 Å². The standard InChI is InChI=1S/C19H22NO2P/c1-15(2)22-23(21,18-12-8-5-9-13-18)19(16(3)14-20)17-10-6-4-7-11-17/h4-13,15-16,19H,1-3H3. The first-order chi connectivity index (χ1) is 11.0. The fourth-order valence-corrected chi connectivity index (χ4v) is 5.74. The molecule has 0 aliphatic rings. The van der Waals surface area contributed by atoms with Gasteiger partial charge in [-0.15, -0.1) is 0 Å². The van der Waals surface area contributed by atoms with Crippen LogP contribution in [0.5, 0.6) is 0 Å². The van der Waals surface area contributed by atoms with Crippen molar-refractivity contribution >= 4 is 12.7 Å². The molecule has 3 atom stereocenters. The Bertz CT molecular complexity index is 707. The Labute approximate surface area is 138 Å². The van der Waals surface area contributed by atoms with Crippen molar-refractivity contribution in [1.29, 1.82) is 5.26 Å².